The van der Waals surface area contributed by atoms with E-state index in [9.17, 15) is 4.79 Å². The molecule has 1 aliphatic heterocycles. The van der Waals surface area contributed by atoms with E-state index in [2.05, 4.69) is 56.8 Å². The Hall–Kier alpha value is -3.84. The molecule has 1 saturated heterocycles. The summed E-state index contributed by atoms with van der Waals surface area (Å²) in [4.78, 5) is 15.2. The van der Waals surface area contributed by atoms with Crippen LogP contribution in [0.15, 0.2) is 79.4 Å². The molecule has 0 bridgehead atoms. The number of aryl methyl sites for hydroxylation is 1. The van der Waals surface area contributed by atoms with Gasteiger partial charge in [0.25, 0.3) is 0 Å². The average molecular weight is 479 g/mol. The van der Waals surface area contributed by atoms with Gasteiger partial charge < -0.3 is 9.64 Å². The quantitative estimate of drug-likeness (QED) is 0.307. The number of rotatable bonds is 10. The van der Waals surface area contributed by atoms with Gasteiger partial charge in [0.1, 0.15) is 12.4 Å². The zero-order valence-electron chi connectivity index (χ0n) is 21.2. The third-order valence-electron chi connectivity index (χ3n) is 7.28. The molecular weight excluding hydrogens is 444 g/mol. The van der Waals surface area contributed by atoms with Crippen molar-refractivity contribution in [3.8, 4) is 22.9 Å². The van der Waals surface area contributed by atoms with E-state index >= 15 is 0 Å². The molecule has 0 unspecified atom stereocenters. The Morgan fingerprint density at radius 1 is 1.06 bits per heavy atom. The summed E-state index contributed by atoms with van der Waals surface area (Å²) >= 11 is 0. The van der Waals surface area contributed by atoms with E-state index in [-0.39, 0.29) is 17.9 Å². The first-order valence-corrected chi connectivity index (χ1v) is 12.7. The van der Waals surface area contributed by atoms with Crippen LogP contribution in [0.25, 0.3) is 11.1 Å². The Bertz CT molecular complexity index is 1240. The lowest BCUT2D eigenvalue weighted by Gasteiger charge is -2.25. The van der Waals surface area contributed by atoms with Gasteiger partial charge in [-0.05, 0) is 85.5 Å². The molecule has 2 atom stereocenters. The highest BCUT2D eigenvalue weighted by molar-refractivity contribution is 5.81. The van der Waals surface area contributed by atoms with Gasteiger partial charge in [-0.25, -0.2) is 0 Å². The molecule has 1 aliphatic rings. The fourth-order valence-corrected chi connectivity index (χ4v) is 5.09. The number of amides is 1. The monoisotopic (exact) mass is 478 g/mol. The average Bonchev–Trinajstić information content (AvgIpc) is 3.20. The summed E-state index contributed by atoms with van der Waals surface area (Å²) in [6.45, 7) is 9.26. The van der Waals surface area contributed by atoms with Crippen molar-refractivity contribution < 1.29 is 9.53 Å². The van der Waals surface area contributed by atoms with Gasteiger partial charge in [0, 0.05) is 12.5 Å². The SMILES string of the molecule is C=CC[C@@H]1C[C@@H](COc2ccc(-c3ccc(C#N)cc3)c(C)c2C)N(CCCc2ccccc2)C1=O. The van der Waals surface area contributed by atoms with Gasteiger partial charge in [0.05, 0.1) is 17.7 Å². The van der Waals surface area contributed by atoms with Crippen molar-refractivity contribution in [3.63, 3.8) is 0 Å². The van der Waals surface area contributed by atoms with E-state index in [1.165, 1.54) is 5.56 Å². The maximum atomic E-state index is 13.1. The molecule has 0 spiro atoms. The third-order valence-corrected chi connectivity index (χ3v) is 7.28. The second-order valence-electron chi connectivity index (χ2n) is 9.59. The number of hydrogen-bond acceptors (Lipinski definition) is 3. The van der Waals surface area contributed by atoms with Crippen molar-refractivity contribution in [2.24, 2.45) is 5.92 Å². The largest absolute Gasteiger partial charge is 0.491 e. The fraction of sp³-hybridized carbons (Fsp3) is 0.312. The molecule has 0 aromatic heterocycles. The zero-order valence-corrected chi connectivity index (χ0v) is 21.2. The standard InChI is InChI=1S/C32H34N2O2/c1-4-9-28-20-29(34(32(28)35)19-8-12-25-10-6-5-7-11-25)22-36-31-18-17-30(23(2)24(31)3)27-15-13-26(21-33)14-16-27/h4-7,10-11,13-18,28-29H,1,8-9,12,19-20,22H2,2-3H3/t28-,29+/m1/s1. The van der Waals surface area contributed by atoms with Crippen LogP contribution in [0, 0.1) is 31.1 Å². The molecule has 1 fully saturated rings. The lowest BCUT2D eigenvalue weighted by atomic mass is 9.96. The van der Waals surface area contributed by atoms with Crippen LogP contribution in [0.4, 0.5) is 0 Å². The highest BCUT2D eigenvalue weighted by atomic mass is 16.5. The minimum absolute atomic E-state index is 0.00517. The number of benzene rings is 3. The molecule has 4 rings (SSSR count). The molecule has 4 heteroatoms. The van der Waals surface area contributed by atoms with E-state index in [1.54, 1.807) is 0 Å². The maximum Gasteiger partial charge on any atom is 0.226 e. The number of nitriles is 1. The maximum absolute atomic E-state index is 13.1. The number of ether oxygens (including phenoxy) is 1. The van der Waals surface area contributed by atoms with Gasteiger partial charge in [0.15, 0.2) is 0 Å². The van der Waals surface area contributed by atoms with E-state index < -0.39 is 0 Å². The van der Waals surface area contributed by atoms with Crippen LogP contribution in [0.5, 0.6) is 5.75 Å². The molecule has 36 heavy (non-hydrogen) atoms. The van der Waals surface area contributed by atoms with Crippen LogP contribution in [-0.4, -0.2) is 30.0 Å². The van der Waals surface area contributed by atoms with Crippen molar-refractivity contribution in [2.75, 3.05) is 13.2 Å². The Balaban J connectivity index is 1.44. The summed E-state index contributed by atoms with van der Waals surface area (Å²) in [6.07, 6.45) is 5.26. The Labute approximate surface area is 214 Å². The molecule has 184 valence electrons. The smallest absolute Gasteiger partial charge is 0.226 e. The second kappa shape index (κ2) is 11.7. The molecular formula is C32H34N2O2. The Morgan fingerprint density at radius 2 is 1.81 bits per heavy atom. The molecule has 1 amide bonds. The first kappa shape index (κ1) is 25.3. The van der Waals surface area contributed by atoms with E-state index in [0.29, 0.717) is 18.6 Å². The van der Waals surface area contributed by atoms with Crippen LogP contribution in [0.3, 0.4) is 0 Å². The fourth-order valence-electron chi connectivity index (χ4n) is 5.09. The van der Waals surface area contributed by atoms with Crippen molar-refractivity contribution in [1.29, 1.82) is 5.26 Å². The molecule has 0 radical (unpaired) electrons. The summed E-state index contributed by atoms with van der Waals surface area (Å²) in [5.41, 5.74) is 6.42. The predicted molar refractivity (Wildman–Crippen MR) is 145 cm³/mol. The Morgan fingerprint density at radius 3 is 2.50 bits per heavy atom. The van der Waals surface area contributed by atoms with E-state index in [4.69, 9.17) is 10.00 Å². The third kappa shape index (κ3) is 5.69. The highest BCUT2D eigenvalue weighted by Gasteiger charge is 2.38. The molecule has 1 heterocycles. The summed E-state index contributed by atoms with van der Waals surface area (Å²) in [5.74, 6) is 1.07. The van der Waals surface area contributed by atoms with Crippen molar-refractivity contribution in [1.82, 2.24) is 4.90 Å². The predicted octanol–water partition coefficient (Wildman–Crippen LogP) is 6.65. The molecule has 0 N–H and O–H groups in total. The van der Waals surface area contributed by atoms with Gasteiger partial charge in [-0.2, -0.15) is 5.26 Å². The van der Waals surface area contributed by atoms with Crippen LogP contribution in [0.1, 0.15) is 41.5 Å². The minimum Gasteiger partial charge on any atom is -0.491 e. The van der Waals surface area contributed by atoms with Crippen LogP contribution >= 0.6 is 0 Å². The van der Waals surface area contributed by atoms with Crippen LogP contribution < -0.4 is 4.74 Å². The lowest BCUT2D eigenvalue weighted by Crippen LogP contribution is -2.38. The minimum atomic E-state index is -0.00517. The number of likely N-dealkylation sites (tertiary alicyclic amines) is 1. The normalized spacial score (nSPS) is 17.1. The number of carbonyl (C=O) groups is 1. The summed E-state index contributed by atoms with van der Waals surface area (Å²) in [7, 11) is 0. The van der Waals surface area contributed by atoms with Gasteiger partial charge >= 0.3 is 0 Å². The number of hydrogen-bond donors (Lipinski definition) is 0. The Kier molecular flexibility index (Phi) is 8.23. The summed E-state index contributed by atoms with van der Waals surface area (Å²) < 4.78 is 6.34. The second-order valence-corrected chi connectivity index (χ2v) is 9.59. The van der Waals surface area contributed by atoms with Gasteiger partial charge in [-0.1, -0.05) is 54.6 Å². The molecule has 3 aromatic rings. The topological polar surface area (TPSA) is 53.3 Å². The first-order chi connectivity index (χ1) is 17.5. The lowest BCUT2D eigenvalue weighted by molar-refractivity contribution is -0.132. The zero-order chi connectivity index (χ0) is 25.5. The van der Waals surface area contributed by atoms with Crippen LogP contribution in [0.2, 0.25) is 0 Å². The summed E-state index contributed by atoms with van der Waals surface area (Å²) in [5, 5.41) is 9.07. The van der Waals surface area contributed by atoms with Gasteiger partial charge in [0.2, 0.25) is 5.91 Å². The van der Waals surface area contributed by atoms with Gasteiger partial charge in [-0.3, -0.25) is 4.79 Å². The number of nitrogens with zero attached hydrogens (tertiary/aromatic N) is 2. The van der Waals surface area contributed by atoms with Crippen LogP contribution in [-0.2, 0) is 11.2 Å². The molecule has 3 aromatic carbocycles. The van der Waals surface area contributed by atoms with Crippen molar-refractivity contribution >= 4 is 5.91 Å². The molecule has 0 saturated carbocycles. The number of carbonyl (C=O) groups excluding carboxylic acids is 1. The first-order valence-electron chi connectivity index (χ1n) is 12.7. The summed E-state index contributed by atoms with van der Waals surface area (Å²) in [6, 6.07) is 24.4. The molecule has 0 aliphatic carbocycles. The highest BCUT2D eigenvalue weighted by Crippen LogP contribution is 2.33. The molecule has 4 nitrogen and oxygen atoms in total. The number of allylic oxidation sites excluding steroid dienone is 1. The van der Waals surface area contributed by atoms with Crippen molar-refractivity contribution in [3.05, 3.63) is 102 Å². The van der Waals surface area contributed by atoms with Gasteiger partial charge in [-0.15, -0.1) is 6.58 Å². The van der Waals surface area contributed by atoms with E-state index in [1.807, 2.05) is 47.4 Å². The van der Waals surface area contributed by atoms with E-state index in [0.717, 1.165) is 53.8 Å². The van der Waals surface area contributed by atoms with Crippen molar-refractivity contribution in [2.45, 2.75) is 45.6 Å².